The van der Waals surface area contributed by atoms with E-state index in [0.29, 0.717) is 31.2 Å². The average molecular weight is 1090 g/mol. The molecule has 0 radical (unpaired) electrons. The molecule has 1 saturated heterocycles. The molecule has 27 heteroatoms. The minimum absolute atomic E-state index is 0.0598. The van der Waals surface area contributed by atoms with Gasteiger partial charge in [-0.25, -0.2) is 0 Å². The summed E-state index contributed by atoms with van der Waals surface area (Å²) in [6.45, 7) is 5.07. The molecule has 2 unspecified atom stereocenters. The third-order valence-electron chi connectivity index (χ3n) is 13.2. The first-order valence-corrected chi connectivity index (χ1v) is 26.5. The summed E-state index contributed by atoms with van der Waals surface area (Å²) in [7, 11) is 0. The van der Waals surface area contributed by atoms with E-state index in [1.54, 1.807) is 44.2 Å². The maximum atomic E-state index is 14.4. The second-order valence-corrected chi connectivity index (χ2v) is 20.2. The summed E-state index contributed by atoms with van der Waals surface area (Å²) in [4.78, 5) is 140. The molecule has 1 aliphatic carbocycles. The highest BCUT2D eigenvalue weighted by Crippen LogP contribution is 2.23. The number of rotatable bonds is 20. The lowest BCUT2D eigenvalue weighted by Crippen LogP contribution is -2.61. The van der Waals surface area contributed by atoms with Crippen molar-refractivity contribution >= 4 is 59.1 Å². The molecule has 1 heterocycles. The van der Waals surface area contributed by atoms with Crippen molar-refractivity contribution in [3.8, 4) is 0 Å². The molecule has 1 aromatic carbocycles. The van der Waals surface area contributed by atoms with Gasteiger partial charge in [0, 0.05) is 24.9 Å². The summed E-state index contributed by atoms with van der Waals surface area (Å²) in [5.74, 6) is -9.29. The topological polar surface area (TPSA) is 462 Å². The van der Waals surface area contributed by atoms with Gasteiger partial charge in [0.1, 0.15) is 54.4 Å². The zero-order valence-corrected chi connectivity index (χ0v) is 44.6. The minimum atomic E-state index is -1.66. The summed E-state index contributed by atoms with van der Waals surface area (Å²) in [5.41, 5.74) is 30.1. The zero-order valence-electron chi connectivity index (χ0n) is 44.6. The van der Waals surface area contributed by atoms with Crippen molar-refractivity contribution in [1.29, 1.82) is 0 Å². The number of hydrogen-bond donors (Lipinski definition) is 17. The third kappa shape index (κ3) is 21.5. The first-order valence-electron chi connectivity index (χ1n) is 26.5. The predicted octanol–water partition coefficient (Wildman–Crippen LogP) is -6.17. The fourth-order valence-electron chi connectivity index (χ4n) is 8.83. The Morgan fingerprint density at radius 1 is 0.597 bits per heavy atom. The van der Waals surface area contributed by atoms with Gasteiger partial charge in [0.25, 0.3) is 0 Å². The fourth-order valence-corrected chi connectivity index (χ4v) is 8.83. The van der Waals surface area contributed by atoms with Gasteiger partial charge in [0.05, 0.1) is 12.2 Å². The van der Waals surface area contributed by atoms with Crippen LogP contribution >= 0.6 is 0 Å². The molecule has 22 N–H and O–H groups in total. The van der Waals surface area contributed by atoms with Crippen molar-refractivity contribution in [2.45, 2.75) is 171 Å². The number of amides is 10. The van der Waals surface area contributed by atoms with Crippen molar-refractivity contribution in [2.24, 2.45) is 40.5 Å². The van der Waals surface area contributed by atoms with Crippen molar-refractivity contribution in [3.05, 3.63) is 35.9 Å². The largest absolute Gasteiger partial charge is 0.391 e. The van der Waals surface area contributed by atoms with Crippen molar-refractivity contribution in [2.75, 3.05) is 32.7 Å². The summed E-state index contributed by atoms with van der Waals surface area (Å²) < 4.78 is 0. The van der Waals surface area contributed by atoms with Crippen LogP contribution in [0.2, 0.25) is 0 Å². The second-order valence-electron chi connectivity index (χ2n) is 20.2. The fraction of sp³-hybridized carbons (Fsp3) is 0.680. The Morgan fingerprint density at radius 3 is 1.60 bits per heavy atom. The molecule has 11 atom stereocenters. The summed E-state index contributed by atoms with van der Waals surface area (Å²) in [6, 6.07) is -4.59. The van der Waals surface area contributed by atoms with E-state index in [0.717, 1.165) is 0 Å². The molecule has 1 aliphatic heterocycles. The highest BCUT2D eigenvalue weighted by Gasteiger charge is 2.38. The molecule has 0 bridgehead atoms. The van der Waals surface area contributed by atoms with Gasteiger partial charge in [-0.1, -0.05) is 44.2 Å². The molecule has 2 fully saturated rings. The zero-order chi connectivity index (χ0) is 57.4. The highest BCUT2D eigenvalue weighted by molar-refractivity contribution is 5.99. The van der Waals surface area contributed by atoms with Crippen molar-refractivity contribution < 1.29 is 58.2 Å². The molecular weight excluding hydrogens is 1000 g/mol. The van der Waals surface area contributed by atoms with Crippen LogP contribution < -0.4 is 81.8 Å². The number of aliphatic hydroxyl groups is 2. The molecule has 2 aliphatic rings. The molecule has 432 valence electrons. The van der Waals surface area contributed by atoms with E-state index in [1.165, 1.54) is 13.8 Å². The van der Waals surface area contributed by atoms with Crippen LogP contribution in [0, 0.1) is 11.8 Å². The lowest BCUT2D eigenvalue weighted by molar-refractivity contribution is -0.137. The van der Waals surface area contributed by atoms with Crippen LogP contribution in [-0.2, 0) is 54.4 Å². The van der Waals surface area contributed by atoms with Crippen LogP contribution in [0.5, 0.6) is 0 Å². The Kier molecular flexibility index (Phi) is 27.9. The number of nitrogens with two attached hydrogens (primary N) is 5. The SMILES string of the molecule is CC(C)C[C@@H]1NC(=O)[C@@H](Cc2ccccc2)NC(=O)[C@H](CCN)NC(=O)[C@@H](NC(=O)[C@H](CCN)NC(=O)[C@@H](NC(=O)C2CCC(N)CC2)C(C)O)CCNC(=O)[C@H](C(C)O)NC(=O)[C@H](CCN)NC(=O)[C@H](CCN)NC1=O. The monoisotopic (exact) mass is 1090 g/mol. The Balaban J connectivity index is 2.10. The average Bonchev–Trinajstić information content (AvgIpc) is 3.37. The van der Waals surface area contributed by atoms with Crippen LogP contribution in [0.1, 0.15) is 97.5 Å². The number of aliphatic hydroxyl groups excluding tert-OH is 2. The van der Waals surface area contributed by atoms with Crippen LogP contribution in [0.4, 0.5) is 0 Å². The van der Waals surface area contributed by atoms with Gasteiger partial charge < -0.3 is 92.0 Å². The smallest absolute Gasteiger partial charge is 0.245 e. The number of benzene rings is 1. The normalized spacial score (nSPS) is 26.4. The van der Waals surface area contributed by atoms with Gasteiger partial charge in [-0.05, 0) is 116 Å². The number of carbonyl (C=O) groups excluding carboxylic acids is 10. The van der Waals surface area contributed by atoms with Crippen LogP contribution in [0.25, 0.3) is 0 Å². The van der Waals surface area contributed by atoms with Crippen molar-refractivity contribution in [1.82, 2.24) is 53.2 Å². The molecule has 77 heavy (non-hydrogen) atoms. The Bertz CT molecular complexity index is 2130. The first-order chi connectivity index (χ1) is 36.5. The second kappa shape index (κ2) is 33.0. The van der Waals surface area contributed by atoms with Gasteiger partial charge in [-0.3, -0.25) is 47.9 Å². The number of hydrogen-bond acceptors (Lipinski definition) is 17. The maximum Gasteiger partial charge on any atom is 0.245 e. The predicted molar refractivity (Wildman–Crippen MR) is 283 cm³/mol. The molecule has 1 saturated carbocycles. The summed E-state index contributed by atoms with van der Waals surface area (Å²) >= 11 is 0. The highest BCUT2D eigenvalue weighted by atomic mass is 16.3. The Hall–Kier alpha value is -6.36. The van der Waals surface area contributed by atoms with Gasteiger partial charge in [-0.15, -0.1) is 0 Å². The molecule has 1 aromatic rings. The number of carbonyl (C=O) groups is 10. The molecule has 10 amide bonds. The summed E-state index contributed by atoms with van der Waals surface area (Å²) in [6.07, 6.45) is -1.99. The van der Waals surface area contributed by atoms with Gasteiger partial charge in [0.15, 0.2) is 0 Å². The quantitative estimate of drug-likeness (QED) is 0.0578. The molecule has 0 aromatic heterocycles. The van der Waals surface area contributed by atoms with E-state index in [2.05, 4.69) is 53.2 Å². The van der Waals surface area contributed by atoms with E-state index in [9.17, 15) is 58.2 Å². The minimum Gasteiger partial charge on any atom is -0.391 e. The lowest BCUT2D eigenvalue weighted by atomic mass is 9.85. The van der Waals surface area contributed by atoms with Crippen molar-refractivity contribution in [3.63, 3.8) is 0 Å². The number of nitrogens with one attached hydrogen (secondary N) is 10. The van der Waals surface area contributed by atoms with E-state index in [1.807, 2.05) is 0 Å². The van der Waals surface area contributed by atoms with E-state index in [-0.39, 0.29) is 76.7 Å². The van der Waals surface area contributed by atoms with Crippen LogP contribution in [0.3, 0.4) is 0 Å². The third-order valence-corrected chi connectivity index (χ3v) is 13.2. The van der Waals surface area contributed by atoms with Crippen LogP contribution in [-0.4, -0.2) is 175 Å². The summed E-state index contributed by atoms with van der Waals surface area (Å²) in [5, 5.41) is 47.0. The van der Waals surface area contributed by atoms with Gasteiger partial charge in [-0.2, -0.15) is 0 Å². The molecule has 27 nitrogen and oxygen atoms in total. The maximum absolute atomic E-state index is 14.4. The Morgan fingerprint density at radius 2 is 1.09 bits per heavy atom. The standard InChI is InChI=1S/C50H85N15O12/c1-26(2)24-37-47(74)59-32(14-19-51)42(69)58-35(17-22-54)46(73)65-39(27(3)66)49(76)56-23-18-36(45(72)57-33(15-20-52)44(71)63-38(48(75)62-37)25-29-8-6-5-7-9-29)60-43(70)34(16-21-53)61-50(77)40(28(4)67)64-41(68)30-10-12-31(55)13-11-30/h5-9,26-28,30-40,66-67H,10-25,51-55H2,1-4H3,(H,56,76)(H,57,72)(H,58,69)(H,59,74)(H,60,70)(H,61,77)(H,62,75)(H,63,71)(H,64,68)(H,65,73)/t27?,28?,30?,31?,32-,33-,34-,35-,36-,37-,38+,39-,40-/m0/s1. The first kappa shape index (κ1) is 64.9. The molecular formula is C50H85N15O12. The Labute approximate surface area is 449 Å². The van der Waals surface area contributed by atoms with Gasteiger partial charge in [0.2, 0.25) is 59.1 Å². The molecule has 3 rings (SSSR count). The molecule has 0 spiro atoms. The van der Waals surface area contributed by atoms with E-state index in [4.69, 9.17) is 28.7 Å². The van der Waals surface area contributed by atoms with E-state index >= 15 is 0 Å². The van der Waals surface area contributed by atoms with E-state index < -0.39 is 145 Å². The van der Waals surface area contributed by atoms with Gasteiger partial charge >= 0.3 is 0 Å². The lowest BCUT2D eigenvalue weighted by Gasteiger charge is -2.29. The van der Waals surface area contributed by atoms with Crippen LogP contribution in [0.15, 0.2) is 30.3 Å².